The second-order valence-corrected chi connectivity index (χ2v) is 6.84. The molecule has 0 amide bonds. The van der Waals surface area contributed by atoms with Crippen molar-refractivity contribution in [3.8, 4) is 11.1 Å². The van der Waals surface area contributed by atoms with Crippen molar-refractivity contribution in [3.05, 3.63) is 72.3 Å². The van der Waals surface area contributed by atoms with Gasteiger partial charge in [-0.2, -0.15) is 0 Å². The lowest BCUT2D eigenvalue weighted by atomic mass is 10.0. The highest BCUT2D eigenvalue weighted by Gasteiger charge is 2.06. The number of hydrogen-bond acceptors (Lipinski definition) is 1. The van der Waals surface area contributed by atoms with E-state index in [0.29, 0.717) is 0 Å². The molecule has 0 radical (unpaired) electrons. The standard InChI is InChI=1S/C21H18S/c1-2-5-15-8-10-16(11-9-15)17-12-13-21-19(14-17)18-6-3-4-7-20(18)22-21/h3-4,6-14H,2,5H2,1H3. The third-order valence-corrected chi connectivity index (χ3v) is 5.35. The van der Waals surface area contributed by atoms with E-state index in [2.05, 4.69) is 73.7 Å². The quantitative estimate of drug-likeness (QED) is 0.396. The summed E-state index contributed by atoms with van der Waals surface area (Å²) in [5.74, 6) is 0. The Kier molecular flexibility index (Phi) is 3.44. The van der Waals surface area contributed by atoms with E-state index in [1.165, 1.54) is 43.3 Å². The molecule has 0 aliphatic heterocycles. The van der Waals surface area contributed by atoms with Crippen LogP contribution in [0, 0.1) is 0 Å². The summed E-state index contributed by atoms with van der Waals surface area (Å²) in [6.07, 6.45) is 2.36. The van der Waals surface area contributed by atoms with Gasteiger partial charge in [0.15, 0.2) is 0 Å². The average molecular weight is 302 g/mol. The molecule has 3 aromatic carbocycles. The van der Waals surface area contributed by atoms with Crippen molar-refractivity contribution in [3.63, 3.8) is 0 Å². The lowest BCUT2D eigenvalue weighted by Crippen LogP contribution is -1.83. The van der Waals surface area contributed by atoms with Crippen LogP contribution < -0.4 is 0 Å². The molecule has 1 heteroatoms. The molecule has 22 heavy (non-hydrogen) atoms. The number of benzene rings is 3. The smallest absolute Gasteiger partial charge is 0.0355 e. The molecule has 0 spiro atoms. The highest BCUT2D eigenvalue weighted by Crippen LogP contribution is 2.36. The number of rotatable bonds is 3. The van der Waals surface area contributed by atoms with E-state index in [1.807, 2.05) is 11.3 Å². The molecule has 0 saturated carbocycles. The lowest BCUT2D eigenvalue weighted by Gasteiger charge is -2.04. The van der Waals surface area contributed by atoms with E-state index in [0.717, 1.165) is 6.42 Å². The normalized spacial score (nSPS) is 11.3. The van der Waals surface area contributed by atoms with Gasteiger partial charge in [0.25, 0.3) is 0 Å². The number of hydrogen-bond donors (Lipinski definition) is 0. The van der Waals surface area contributed by atoms with Crippen LogP contribution in [-0.2, 0) is 6.42 Å². The zero-order chi connectivity index (χ0) is 14.9. The average Bonchev–Trinajstić information content (AvgIpc) is 2.94. The van der Waals surface area contributed by atoms with Crippen molar-refractivity contribution in [2.45, 2.75) is 19.8 Å². The summed E-state index contributed by atoms with van der Waals surface area (Å²) in [4.78, 5) is 0. The van der Waals surface area contributed by atoms with E-state index >= 15 is 0 Å². The Morgan fingerprint density at radius 3 is 2.27 bits per heavy atom. The molecular weight excluding hydrogens is 284 g/mol. The molecule has 0 fully saturated rings. The van der Waals surface area contributed by atoms with E-state index in [4.69, 9.17) is 0 Å². The molecule has 1 aromatic heterocycles. The summed E-state index contributed by atoms with van der Waals surface area (Å²) in [6, 6.07) is 24.5. The van der Waals surface area contributed by atoms with Crippen molar-refractivity contribution >= 4 is 31.5 Å². The first kappa shape index (κ1) is 13.5. The minimum Gasteiger partial charge on any atom is -0.135 e. The van der Waals surface area contributed by atoms with Crippen molar-refractivity contribution < 1.29 is 0 Å². The third kappa shape index (κ3) is 2.32. The van der Waals surface area contributed by atoms with E-state index in [-0.39, 0.29) is 0 Å². The topological polar surface area (TPSA) is 0 Å². The molecular formula is C21H18S. The molecule has 0 aliphatic rings. The van der Waals surface area contributed by atoms with Crippen LogP contribution in [0.2, 0.25) is 0 Å². The van der Waals surface area contributed by atoms with Crippen molar-refractivity contribution in [2.75, 3.05) is 0 Å². The Labute approximate surface area is 135 Å². The number of fused-ring (bicyclic) bond motifs is 3. The SMILES string of the molecule is CCCc1ccc(-c2ccc3sc4ccccc4c3c2)cc1. The first-order chi connectivity index (χ1) is 10.8. The second kappa shape index (κ2) is 5.58. The van der Waals surface area contributed by atoms with Gasteiger partial charge in [-0.05, 0) is 41.3 Å². The fourth-order valence-corrected chi connectivity index (χ4v) is 4.14. The monoisotopic (exact) mass is 302 g/mol. The largest absolute Gasteiger partial charge is 0.135 e. The van der Waals surface area contributed by atoms with Crippen LogP contribution in [0.5, 0.6) is 0 Å². The van der Waals surface area contributed by atoms with Gasteiger partial charge in [0.2, 0.25) is 0 Å². The molecule has 0 atom stereocenters. The zero-order valence-corrected chi connectivity index (χ0v) is 13.5. The predicted molar refractivity (Wildman–Crippen MR) is 98.8 cm³/mol. The predicted octanol–water partition coefficient (Wildman–Crippen LogP) is 6.67. The summed E-state index contributed by atoms with van der Waals surface area (Å²) in [5.41, 5.74) is 4.03. The Balaban J connectivity index is 1.83. The molecule has 4 rings (SSSR count). The van der Waals surface area contributed by atoms with Crippen LogP contribution in [0.3, 0.4) is 0 Å². The third-order valence-electron chi connectivity index (χ3n) is 4.20. The highest BCUT2D eigenvalue weighted by atomic mass is 32.1. The van der Waals surface area contributed by atoms with Crippen LogP contribution in [0.15, 0.2) is 66.7 Å². The first-order valence-corrected chi connectivity index (χ1v) is 8.67. The van der Waals surface area contributed by atoms with Crippen LogP contribution >= 0.6 is 11.3 Å². The molecule has 1 heterocycles. The Morgan fingerprint density at radius 2 is 1.45 bits per heavy atom. The summed E-state index contributed by atoms with van der Waals surface area (Å²) < 4.78 is 2.74. The summed E-state index contributed by atoms with van der Waals surface area (Å²) in [6.45, 7) is 2.23. The van der Waals surface area contributed by atoms with Crippen molar-refractivity contribution in [1.82, 2.24) is 0 Å². The van der Waals surface area contributed by atoms with E-state index in [1.54, 1.807) is 0 Å². The Bertz CT molecular complexity index is 929. The maximum atomic E-state index is 2.34. The second-order valence-electron chi connectivity index (χ2n) is 5.76. The van der Waals surface area contributed by atoms with Crippen LogP contribution in [0.25, 0.3) is 31.3 Å². The molecule has 0 bridgehead atoms. The Morgan fingerprint density at radius 1 is 0.727 bits per heavy atom. The first-order valence-electron chi connectivity index (χ1n) is 7.86. The fraction of sp³-hybridized carbons (Fsp3) is 0.143. The number of aryl methyl sites for hydroxylation is 1. The zero-order valence-electron chi connectivity index (χ0n) is 12.7. The Hall–Kier alpha value is -2.12. The minimum absolute atomic E-state index is 1.16. The molecule has 0 N–H and O–H groups in total. The van der Waals surface area contributed by atoms with Gasteiger partial charge in [-0.15, -0.1) is 11.3 Å². The maximum absolute atomic E-state index is 2.34. The van der Waals surface area contributed by atoms with Gasteiger partial charge >= 0.3 is 0 Å². The molecule has 0 unspecified atom stereocenters. The molecule has 4 aromatic rings. The van der Waals surface area contributed by atoms with E-state index in [9.17, 15) is 0 Å². The lowest BCUT2D eigenvalue weighted by molar-refractivity contribution is 0.922. The van der Waals surface area contributed by atoms with Gasteiger partial charge in [-0.1, -0.05) is 61.9 Å². The van der Waals surface area contributed by atoms with Gasteiger partial charge in [-0.25, -0.2) is 0 Å². The fourth-order valence-electron chi connectivity index (χ4n) is 3.06. The van der Waals surface area contributed by atoms with Gasteiger partial charge in [0.05, 0.1) is 0 Å². The van der Waals surface area contributed by atoms with Crippen molar-refractivity contribution in [2.24, 2.45) is 0 Å². The van der Waals surface area contributed by atoms with Gasteiger partial charge in [0.1, 0.15) is 0 Å². The minimum atomic E-state index is 1.16. The molecule has 0 nitrogen and oxygen atoms in total. The van der Waals surface area contributed by atoms with Crippen LogP contribution in [0.4, 0.5) is 0 Å². The van der Waals surface area contributed by atoms with Crippen LogP contribution in [0.1, 0.15) is 18.9 Å². The van der Waals surface area contributed by atoms with Gasteiger partial charge < -0.3 is 0 Å². The number of thiophene rings is 1. The van der Waals surface area contributed by atoms with Gasteiger partial charge in [-0.3, -0.25) is 0 Å². The van der Waals surface area contributed by atoms with Gasteiger partial charge in [0, 0.05) is 20.2 Å². The van der Waals surface area contributed by atoms with Crippen LogP contribution in [-0.4, -0.2) is 0 Å². The molecule has 0 saturated heterocycles. The summed E-state index contributed by atoms with van der Waals surface area (Å²) in [7, 11) is 0. The van der Waals surface area contributed by atoms with Crippen molar-refractivity contribution in [1.29, 1.82) is 0 Å². The van der Waals surface area contributed by atoms with E-state index < -0.39 is 0 Å². The highest BCUT2D eigenvalue weighted by molar-refractivity contribution is 7.25. The summed E-state index contributed by atoms with van der Waals surface area (Å²) >= 11 is 1.87. The molecule has 0 aliphatic carbocycles. The maximum Gasteiger partial charge on any atom is 0.0355 e. The summed E-state index contributed by atoms with van der Waals surface area (Å²) in [5, 5.41) is 2.74. The molecule has 108 valence electrons.